The minimum absolute atomic E-state index is 0.235. The topological polar surface area (TPSA) is 22.1 Å². The number of pyridine rings is 1. The molecule has 0 bridgehead atoms. The number of hydrogen-bond donors (Lipinski definition) is 0. The van der Waals surface area contributed by atoms with Gasteiger partial charge < -0.3 is 4.74 Å². The van der Waals surface area contributed by atoms with Crippen LogP contribution in [0.2, 0.25) is 0 Å². The Morgan fingerprint density at radius 3 is 2.30 bits per heavy atom. The zero-order valence-electron chi connectivity index (χ0n) is 10.6. The summed E-state index contributed by atoms with van der Waals surface area (Å²) in [6.45, 7) is 2.16. The largest absolute Gasteiger partial charge is 0.573 e. The maximum atomic E-state index is 13.3. The molecule has 108 valence electrons. The van der Waals surface area contributed by atoms with Gasteiger partial charge in [-0.1, -0.05) is 12.1 Å². The van der Waals surface area contributed by atoms with E-state index in [0.29, 0.717) is 17.9 Å². The fraction of sp³-hybridized carbons (Fsp3) is 0.308. The molecule has 20 heavy (non-hydrogen) atoms. The minimum Gasteiger partial charge on any atom is -0.403 e. The molecule has 0 radical (unpaired) electrons. The van der Waals surface area contributed by atoms with E-state index in [2.05, 4.69) is 9.72 Å². The van der Waals surface area contributed by atoms with Gasteiger partial charge in [-0.2, -0.15) is 8.78 Å². The molecule has 0 saturated carbocycles. The third-order valence-corrected chi connectivity index (χ3v) is 2.68. The molecule has 1 aromatic heterocycles. The Hall–Kier alpha value is -1.92. The van der Waals surface area contributed by atoms with E-state index in [4.69, 9.17) is 0 Å². The predicted octanol–water partition coefficient (Wildman–Crippen LogP) is 4.55. The number of ether oxygens (including phenoxy) is 1. The number of alkyl halides is 5. The summed E-state index contributed by atoms with van der Waals surface area (Å²) in [6.07, 6.45) is -4.91. The van der Waals surface area contributed by atoms with Gasteiger partial charge in [0.25, 0.3) is 5.92 Å². The smallest absolute Gasteiger partial charge is 0.403 e. The van der Waals surface area contributed by atoms with Crippen LogP contribution in [0.25, 0.3) is 10.9 Å². The first-order chi connectivity index (χ1) is 9.08. The van der Waals surface area contributed by atoms with E-state index in [9.17, 15) is 22.0 Å². The van der Waals surface area contributed by atoms with Crippen LogP contribution in [0.4, 0.5) is 22.0 Å². The Bertz CT molecular complexity index is 645. The number of para-hydroxylation sites is 1. The van der Waals surface area contributed by atoms with Crippen molar-refractivity contribution in [3.05, 3.63) is 35.5 Å². The van der Waals surface area contributed by atoms with E-state index < -0.39 is 23.7 Å². The van der Waals surface area contributed by atoms with Gasteiger partial charge in [-0.15, -0.1) is 13.2 Å². The van der Waals surface area contributed by atoms with Crippen molar-refractivity contribution in [2.45, 2.75) is 26.1 Å². The van der Waals surface area contributed by atoms with Crippen LogP contribution in [0.15, 0.2) is 24.3 Å². The summed E-state index contributed by atoms with van der Waals surface area (Å²) in [6, 6.07) is 5.04. The van der Waals surface area contributed by atoms with E-state index in [1.165, 1.54) is 19.1 Å². The summed E-state index contributed by atoms with van der Waals surface area (Å²) < 4.78 is 67.4. The minimum atomic E-state index is -4.91. The van der Waals surface area contributed by atoms with Crippen LogP contribution in [-0.4, -0.2) is 11.3 Å². The maximum Gasteiger partial charge on any atom is 0.573 e. The number of aryl methyl sites for hydroxylation is 1. The second-order valence-corrected chi connectivity index (χ2v) is 4.41. The number of halogens is 5. The SMILES string of the molecule is Cc1cc(C(C)(F)F)nc2c(OC(F)(F)F)cccc12. The van der Waals surface area contributed by atoms with Gasteiger partial charge in [0.05, 0.1) is 0 Å². The quantitative estimate of drug-likeness (QED) is 0.757. The van der Waals surface area contributed by atoms with E-state index in [1.54, 1.807) is 0 Å². The zero-order valence-corrected chi connectivity index (χ0v) is 10.6. The van der Waals surface area contributed by atoms with Crippen molar-refractivity contribution in [1.82, 2.24) is 4.98 Å². The molecule has 0 atom stereocenters. The Morgan fingerprint density at radius 1 is 1.10 bits per heavy atom. The standard InChI is InChI=1S/C13H10F5NO/c1-7-6-10(12(2,14)15)19-11-8(7)4-3-5-9(11)20-13(16,17)18/h3-6H,1-2H3. The molecule has 1 heterocycles. The molecule has 0 aliphatic carbocycles. The molecule has 0 unspecified atom stereocenters. The highest BCUT2D eigenvalue weighted by atomic mass is 19.4. The summed E-state index contributed by atoms with van der Waals surface area (Å²) in [5.74, 6) is -3.84. The van der Waals surface area contributed by atoms with Crippen molar-refractivity contribution >= 4 is 10.9 Å². The first kappa shape index (κ1) is 14.5. The third-order valence-electron chi connectivity index (χ3n) is 2.68. The van der Waals surface area contributed by atoms with Crippen LogP contribution in [0, 0.1) is 6.92 Å². The van der Waals surface area contributed by atoms with Crippen LogP contribution in [-0.2, 0) is 5.92 Å². The molecule has 0 spiro atoms. The van der Waals surface area contributed by atoms with Crippen LogP contribution in [0.3, 0.4) is 0 Å². The number of aromatic nitrogens is 1. The fourth-order valence-electron chi connectivity index (χ4n) is 1.82. The first-order valence-electron chi connectivity index (χ1n) is 5.62. The lowest BCUT2D eigenvalue weighted by atomic mass is 10.1. The van der Waals surface area contributed by atoms with Gasteiger partial charge in [0.15, 0.2) is 5.75 Å². The summed E-state index contributed by atoms with van der Waals surface area (Å²) in [4.78, 5) is 3.62. The lowest BCUT2D eigenvalue weighted by molar-refractivity contribution is -0.274. The molecule has 2 aromatic rings. The molecule has 0 aliphatic heterocycles. The van der Waals surface area contributed by atoms with E-state index in [0.717, 1.165) is 12.1 Å². The van der Waals surface area contributed by atoms with Gasteiger partial charge in [-0.25, -0.2) is 4.98 Å². The van der Waals surface area contributed by atoms with Crippen LogP contribution in [0.5, 0.6) is 5.75 Å². The number of hydrogen-bond acceptors (Lipinski definition) is 2. The Morgan fingerprint density at radius 2 is 1.75 bits per heavy atom. The Labute approximate surface area is 111 Å². The normalized spacial score (nSPS) is 12.8. The molecule has 1 aromatic carbocycles. The second kappa shape index (κ2) is 4.57. The van der Waals surface area contributed by atoms with E-state index >= 15 is 0 Å². The molecule has 0 amide bonds. The van der Waals surface area contributed by atoms with Gasteiger partial charge in [-0.05, 0) is 24.6 Å². The molecule has 7 heteroatoms. The molecule has 2 nitrogen and oxygen atoms in total. The van der Waals surface area contributed by atoms with Crippen LogP contribution in [0.1, 0.15) is 18.2 Å². The Kier molecular flexibility index (Phi) is 3.31. The number of rotatable bonds is 2. The van der Waals surface area contributed by atoms with Gasteiger partial charge >= 0.3 is 6.36 Å². The summed E-state index contributed by atoms with van der Waals surface area (Å²) in [7, 11) is 0. The highest BCUT2D eigenvalue weighted by molar-refractivity contribution is 5.87. The molecule has 0 saturated heterocycles. The molecular formula is C13H10F5NO. The summed E-state index contributed by atoms with van der Waals surface area (Å²) in [5, 5.41) is 0.333. The van der Waals surface area contributed by atoms with Crippen molar-refractivity contribution in [3.8, 4) is 5.75 Å². The lowest BCUT2D eigenvalue weighted by Gasteiger charge is -2.15. The second-order valence-electron chi connectivity index (χ2n) is 4.41. The highest BCUT2D eigenvalue weighted by Gasteiger charge is 2.33. The van der Waals surface area contributed by atoms with Gasteiger partial charge in [-0.3, -0.25) is 0 Å². The third kappa shape index (κ3) is 2.97. The Balaban J connectivity index is 2.69. The van der Waals surface area contributed by atoms with Crippen molar-refractivity contribution in [2.75, 3.05) is 0 Å². The van der Waals surface area contributed by atoms with E-state index in [1.807, 2.05) is 0 Å². The molecule has 0 N–H and O–H groups in total. The summed E-state index contributed by atoms with van der Waals surface area (Å²) >= 11 is 0. The number of benzene rings is 1. The van der Waals surface area contributed by atoms with Crippen molar-refractivity contribution in [2.24, 2.45) is 0 Å². The number of nitrogens with zero attached hydrogens (tertiary/aromatic N) is 1. The maximum absolute atomic E-state index is 13.3. The highest BCUT2D eigenvalue weighted by Crippen LogP contribution is 2.34. The van der Waals surface area contributed by atoms with Gasteiger partial charge in [0.2, 0.25) is 0 Å². The van der Waals surface area contributed by atoms with Crippen molar-refractivity contribution < 1.29 is 26.7 Å². The molecule has 0 fully saturated rings. The average Bonchev–Trinajstić information content (AvgIpc) is 2.26. The molecular weight excluding hydrogens is 281 g/mol. The zero-order chi connectivity index (χ0) is 15.1. The van der Waals surface area contributed by atoms with Gasteiger partial charge in [0.1, 0.15) is 11.2 Å². The molecule has 2 rings (SSSR count). The lowest BCUT2D eigenvalue weighted by Crippen LogP contribution is -2.18. The van der Waals surface area contributed by atoms with E-state index in [-0.39, 0.29) is 5.52 Å². The first-order valence-corrected chi connectivity index (χ1v) is 5.62. The van der Waals surface area contributed by atoms with Gasteiger partial charge in [0, 0.05) is 12.3 Å². The predicted molar refractivity (Wildman–Crippen MR) is 62.7 cm³/mol. The van der Waals surface area contributed by atoms with Crippen LogP contribution >= 0.6 is 0 Å². The molecule has 0 aliphatic rings. The van der Waals surface area contributed by atoms with Crippen molar-refractivity contribution in [1.29, 1.82) is 0 Å². The monoisotopic (exact) mass is 291 g/mol. The number of fused-ring (bicyclic) bond motifs is 1. The van der Waals surface area contributed by atoms with Crippen LogP contribution < -0.4 is 4.74 Å². The van der Waals surface area contributed by atoms with Crippen molar-refractivity contribution in [3.63, 3.8) is 0 Å². The summed E-state index contributed by atoms with van der Waals surface area (Å²) in [5.41, 5.74) is -0.429. The fourth-order valence-corrected chi connectivity index (χ4v) is 1.82. The average molecular weight is 291 g/mol.